The summed E-state index contributed by atoms with van der Waals surface area (Å²) in [5.41, 5.74) is 6.88. The SMILES string of the molecule is NC(=O)c1cc(Br)ccc1N1CCCC1.O=c1cccc[nH]1. The highest BCUT2D eigenvalue weighted by atomic mass is 79.9. The predicted molar refractivity (Wildman–Crippen MR) is 91.2 cm³/mol. The highest BCUT2D eigenvalue weighted by molar-refractivity contribution is 9.10. The number of carbonyl (C=O) groups excluding carboxylic acids is 1. The molecule has 1 aromatic carbocycles. The lowest BCUT2D eigenvalue weighted by molar-refractivity contribution is 0.100. The van der Waals surface area contributed by atoms with Crippen LogP contribution >= 0.6 is 15.9 Å². The first-order valence-electron chi connectivity index (χ1n) is 7.06. The van der Waals surface area contributed by atoms with E-state index in [9.17, 15) is 9.59 Å². The molecule has 5 nitrogen and oxygen atoms in total. The van der Waals surface area contributed by atoms with Gasteiger partial charge in [-0.2, -0.15) is 0 Å². The van der Waals surface area contributed by atoms with E-state index in [2.05, 4.69) is 25.8 Å². The van der Waals surface area contributed by atoms with Gasteiger partial charge in [0.15, 0.2) is 0 Å². The first-order chi connectivity index (χ1) is 10.6. The highest BCUT2D eigenvalue weighted by Crippen LogP contribution is 2.27. The summed E-state index contributed by atoms with van der Waals surface area (Å²) in [6, 6.07) is 10.6. The Hall–Kier alpha value is -2.08. The molecule has 2 heterocycles. The van der Waals surface area contributed by atoms with Crippen molar-refractivity contribution in [2.45, 2.75) is 12.8 Å². The third-order valence-corrected chi connectivity index (χ3v) is 3.84. The van der Waals surface area contributed by atoms with Gasteiger partial charge < -0.3 is 15.6 Å². The molecule has 116 valence electrons. The number of amides is 1. The maximum Gasteiger partial charge on any atom is 0.250 e. The number of halogens is 1. The number of aromatic nitrogens is 1. The topological polar surface area (TPSA) is 79.2 Å². The van der Waals surface area contributed by atoms with Crippen LogP contribution in [0.4, 0.5) is 5.69 Å². The molecule has 1 aromatic heterocycles. The Labute approximate surface area is 137 Å². The van der Waals surface area contributed by atoms with E-state index in [1.807, 2.05) is 12.1 Å². The van der Waals surface area contributed by atoms with Crippen molar-refractivity contribution in [2.75, 3.05) is 18.0 Å². The number of nitrogens with one attached hydrogen (secondary N) is 1. The zero-order valence-corrected chi connectivity index (χ0v) is 13.7. The summed E-state index contributed by atoms with van der Waals surface area (Å²) in [5, 5.41) is 0. The zero-order chi connectivity index (χ0) is 15.9. The maximum absolute atomic E-state index is 11.3. The molecule has 0 spiro atoms. The lowest BCUT2D eigenvalue weighted by Crippen LogP contribution is -2.23. The molecule has 3 rings (SSSR count). The number of H-pyrrole nitrogens is 1. The Balaban J connectivity index is 0.000000211. The fraction of sp³-hybridized carbons (Fsp3) is 0.250. The van der Waals surface area contributed by atoms with Crippen LogP contribution < -0.4 is 16.2 Å². The van der Waals surface area contributed by atoms with Crippen LogP contribution in [-0.2, 0) is 0 Å². The maximum atomic E-state index is 11.3. The van der Waals surface area contributed by atoms with E-state index >= 15 is 0 Å². The van der Waals surface area contributed by atoms with E-state index < -0.39 is 0 Å². The number of benzene rings is 1. The zero-order valence-electron chi connectivity index (χ0n) is 12.1. The molecule has 0 radical (unpaired) electrons. The van der Waals surface area contributed by atoms with Gasteiger partial charge in [0.05, 0.1) is 5.56 Å². The van der Waals surface area contributed by atoms with Crippen LogP contribution in [0.15, 0.2) is 51.9 Å². The number of nitrogens with two attached hydrogens (primary N) is 1. The van der Waals surface area contributed by atoms with E-state index in [-0.39, 0.29) is 11.5 Å². The van der Waals surface area contributed by atoms with Crippen molar-refractivity contribution in [3.63, 3.8) is 0 Å². The van der Waals surface area contributed by atoms with Gasteiger partial charge in [0.1, 0.15) is 0 Å². The van der Waals surface area contributed by atoms with Gasteiger partial charge in [-0.3, -0.25) is 9.59 Å². The Bertz CT molecular complexity index is 676. The minimum Gasteiger partial charge on any atom is -0.371 e. The second kappa shape index (κ2) is 7.79. The summed E-state index contributed by atoms with van der Waals surface area (Å²) in [7, 11) is 0. The molecule has 1 aliphatic heterocycles. The number of aromatic amines is 1. The normalized spacial score (nSPS) is 13.4. The lowest BCUT2D eigenvalue weighted by Gasteiger charge is -2.20. The third-order valence-electron chi connectivity index (χ3n) is 3.35. The Morgan fingerprint density at radius 3 is 2.41 bits per heavy atom. The van der Waals surface area contributed by atoms with Crippen molar-refractivity contribution in [3.05, 3.63) is 63.0 Å². The number of hydrogen-bond acceptors (Lipinski definition) is 3. The van der Waals surface area contributed by atoms with Crippen LogP contribution in [0, 0.1) is 0 Å². The molecule has 6 heteroatoms. The number of primary amides is 1. The van der Waals surface area contributed by atoms with Gasteiger partial charge in [-0.25, -0.2) is 0 Å². The van der Waals surface area contributed by atoms with Crippen molar-refractivity contribution >= 4 is 27.5 Å². The van der Waals surface area contributed by atoms with Crippen molar-refractivity contribution in [1.82, 2.24) is 4.98 Å². The Kier molecular flexibility index (Phi) is 5.77. The van der Waals surface area contributed by atoms with Crippen molar-refractivity contribution in [2.24, 2.45) is 5.73 Å². The van der Waals surface area contributed by atoms with Gasteiger partial charge in [0.25, 0.3) is 5.91 Å². The van der Waals surface area contributed by atoms with E-state index in [0.717, 1.165) is 23.2 Å². The van der Waals surface area contributed by atoms with E-state index in [1.165, 1.54) is 18.9 Å². The van der Waals surface area contributed by atoms with Gasteiger partial charge in [-0.1, -0.05) is 22.0 Å². The molecular weight excluding hydrogens is 346 g/mol. The number of carbonyl (C=O) groups is 1. The fourth-order valence-electron chi connectivity index (χ4n) is 2.32. The molecule has 1 aliphatic rings. The van der Waals surface area contributed by atoms with Crippen molar-refractivity contribution < 1.29 is 4.79 Å². The Morgan fingerprint density at radius 2 is 1.91 bits per heavy atom. The van der Waals surface area contributed by atoms with Crippen molar-refractivity contribution in [3.8, 4) is 0 Å². The minimum absolute atomic E-state index is 0.0532. The molecule has 0 atom stereocenters. The Morgan fingerprint density at radius 1 is 1.18 bits per heavy atom. The minimum atomic E-state index is -0.363. The third kappa shape index (κ3) is 4.46. The number of pyridine rings is 1. The van der Waals surface area contributed by atoms with Gasteiger partial charge in [-0.05, 0) is 37.1 Å². The molecule has 0 saturated carbocycles. The van der Waals surface area contributed by atoms with E-state index in [4.69, 9.17) is 5.73 Å². The van der Waals surface area contributed by atoms with Crippen LogP contribution in [0.2, 0.25) is 0 Å². The summed E-state index contributed by atoms with van der Waals surface area (Å²) in [6.07, 6.45) is 3.98. The molecule has 1 amide bonds. The molecule has 0 bridgehead atoms. The van der Waals surface area contributed by atoms with Gasteiger partial charge in [0.2, 0.25) is 5.56 Å². The number of anilines is 1. The standard InChI is InChI=1S/C11H13BrN2O.C5H5NO/c12-8-3-4-10(9(7-8)11(13)15)14-5-1-2-6-14;7-5-3-1-2-4-6-5/h3-4,7H,1-2,5-6H2,(H2,13,15);1-4H,(H,6,7). The van der Waals surface area contributed by atoms with E-state index in [0.29, 0.717) is 5.56 Å². The predicted octanol–water partition coefficient (Wildman–Crippen LogP) is 2.52. The second-order valence-corrected chi connectivity index (χ2v) is 5.86. The lowest BCUT2D eigenvalue weighted by atomic mass is 10.1. The average molecular weight is 364 g/mol. The molecule has 2 aromatic rings. The summed E-state index contributed by atoms with van der Waals surface area (Å²) < 4.78 is 0.888. The fourth-order valence-corrected chi connectivity index (χ4v) is 2.68. The van der Waals surface area contributed by atoms with Crippen LogP contribution in [0.25, 0.3) is 0 Å². The molecule has 22 heavy (non-hydrogen) atoms. The average Bonchev–Trinajstić information content (AvgIpc) is 3.02. The summed E-state index contributed by atoms with van der Waals surface area (Å²) >= 11 is 3.35. The molecular formula is C16H18BrN3O2. The first-order valence-corrected chi connectivity index (χ1v) is 7.85. The molecule has 0 aliphatic carbocycles. The van der Waals surface area contributed by atoms with Crippen LogP contribution in [0.5, 0.6) is 0 Å². The van der Waals surface area contributed by atoms with Crippen LogP contribution in [-0.4, -0.2) is 24.0 Å². The molecule has 1 fully saturated rings. The van der Waals surface area contributed by atoms with Gasteiger partial charge in [0, 0.05) is 35.5 Å². The molecule has 0 unspecified atom stereocenters. The summed E-state index contributed by atoms with van der Waals surface area (Å²) in [6.45, 7) is 2.03. The van der Waals surface area contributed by atoms with Gasteiger partial charge >= 0.3 is 0 Å². The summed E-state index contributed by atoms with van der Waals surface area (Å²) in [5.74, 6) is -0.363. The molecule has 3 N–H and O–H groups in total. The summed E-state index contributed by atoms with van der Waals surface area (Å²) in [4.78, 5) is 26.2. The second-order valence-electron chi connectivity index (χ2n) is 4.95. The smallest absolute Gasteiger partial charge is 0.250 e. The van der Waals surface area contributed by atoms with Crippen LogP contribution in [0.1, 0.15) is 23.2 Å². The molecule has 1 saturated heterocycles. The number of hydrogen-bond donors (Lipinski definition) is 2. The monoisotopic (exact) mass is 363 g/mol. The first kappa shape index (κ1) is 16.3. The highest BCUT2D eigenvalue weighted by Gasteiger charge is 2.18. The largest absolute Gasteiger partial charge is 0.371 e. The van der Waals surface area contributed by atoms with Crippen molar-refractivity contribution in [1.29, 1.82) is 0 Å². The number of nitrogens with zero attached hydrogens (tertiary/aromatic N) is 1. The number of rotatable bonds is 2. The van der Waals surface area contributed by atoms with Gasteiger partial charge in [-0.15, -0.1) is 0 Å². The van der Waals surface area contributed by atoms with Crippen LogP contribution in [0.3, 0.4) is 0 Å². The quantitative estimate of drug-likeness (QED) is 0.860. The van der Waals surface area contributed by atoms with E-state index in [1.54, 1.807) is 24.4 Å².